The molecule has 6 heteroatoms. The van der Waals surface area contributed by atoms with E-state index in [1.165, 1.54) is 12.1 Å². The van der Waals surface area contributed by atoms with Gasteiger partial charge in [-0.1, -0.05) is 0 Å². The highest BCUT2D eigenvalue weighted by Gasteiger charge is 2.30. The van der Waals surface area contributed by atoms with Gasteiger partial charge < -0.3 is 15.7 Å². The van der Waals surface area contributed by atoms with Crippen LogP contribution in [0.5, 0.6) is 0 Å². The molecule has 2 atom stereocenters. The SMILES string of the molecule is CC1CC(C(=O)O)CCN1c1ccc(C(N)=O)cc1F. The van der Waals surface area contributed by atoms with Crippen molar-refractivity contribution < 1.29 is 19.1 Å². The quantitative estimate of drug-likeness (QED) is 0.881. The summed E-state index contributed by atoms with van der Waals surface area (Å²) in [6, 6.07) is 4.05. The molecular weight excluding hydrogens is 263 g/mol. The summed E-state index contributed by atoms with van der Waals surface area (Å²) in [5.74, 6) is -2.37. The molecule has 1 aromatic rings. The molecule has 1 saturated heterocycles. The number of rotatable bonds is 3. The minimum Gasteiger partial charge on any atom is -0.481 e. The molecule has 20 heavy (non-hydrogen) atoms. The molecule has 0 bridgehead atoms. The van der Waals surface area contributed by atoms with E-state index in [2.05, 4.69) is 0 Å². The van der Waals surface area contributed by atoms with Crippen molar-refractivity contribution in [3.8, 4) is 0 Å². The Morgan fingerprint density at radius 1 is 1.45 bits per heavy atom. The largest absolute Gasteiger partial charge is 0.481 e. The molecule has 3 N–H and O–H groups in total. The highest BCUT2D eigenvalue weighted by atomic mass is 19.1. The van der Waals surface area contributed by atoms with E-state index < -0.39 is 17.7 Å². The lowest BCUT2D eigenvalue weighted by Gasteiger charge is -2.38. The van der Waals surface area contributed by atoms with Gasteiger partial charge in [0.05, 0.1) is 11.6 Å². The van der Waals surface area contributed by atoms with Crippen LogP contribution >= 0.6 is 0 Å². The zero-order chi connectivity index (χ0) is 14.9. The molecule has 1 heterocycles. The molecule has 2 unspecified atom stereocenters. The number of hydrogen-bond donors (Lipinski definition) is 2. The first-order valence-corrected chi connectivity index (χ1v) is 6.49. The fraction of sp³-hybridized carbons (Fsp3) is 0.429. The number of primary amides is 1. The number of hydrogen-bond acceptors (Lipinski definition) is 3. The maximum atomic E-state index is 14.1. The summed E-state index contributed by atoms with van der Waals surface area (Å²) in [4.78, 5) is 23.8. The molecule has 5 nitrogen and oxygen atoms in total. The summed E-state index contributed by atoms with van der Waals surface area (Å²) in [6.45, 7) is 2.35. The summed E-state index contributed by atoms with van der Waals surface area (Å²) in [6.07, 6.45) is 0.961. The Bertz CT molecular complexity index is 547. The van der Waals surface area contributed by atoms with Gasteiger partial charge in [-0.05, 0) is 38.0 Å². The van der Waals surface area contributed by atoms with Crippen LogP contribution in [-0.2, 0) is 4.79 Å². The number of carboxylic acids is 1. The van der Waals surface area contributed by atoms with E-state index >= 15 is 0 Å². The van der Waals surface area contributed by atoms with Gasteiger partial charge in [-0.2, -0.15) is 0 Å². The van der Waals surface area contributed by atoms with Gasteiger partial charge in [-0.15, -0.1) is 0 Å². The van der Waals surface area contributed by atoms with Crippen LogP contribution in [0, 0.1) is 11.7 Å². The van der Waals surface area contributed by atoms with Crippen LogP contribution in [0.1, 0.15) is 30.1 Å². The van der Waals surface area contributed by atoms with E-state index in [1.807, 2.05) is 11.8 Å². The fourth-order valence-corrected chi connectivity index (χ4v) is 2.65. The highest BCUT2D eigenvalue weighted by molar-refractivity contribution is 5.93. The zero-order valence-electron chi connectivity index (χ0n) is 11.2. The number of nitrogens with zero attached hydrogens (tertiary/aromatic N) is 1. The van der Waals surface area contributed by atoms with E-state index in [9.17, 15) is 14.0 Å². The average molecular weight is 280 g/mol. The van der Waals surface area contributed by atoms with Crippen molar-refractivity contribution in [1.29, 1.82) is 0 Å². The topological polar surface area (TPSA) is 83.6 Å². The number of carboxylic acid groups (broad SMARTS) is 1. The Morgan fingerprint density at radius 2 is 2.15 bits per heavy atom. The van der Waals surface area contributed by atoms with Gasteiger partial charge in [0.2, 0.25) is 5.91 Å². The summed E-state index contributed by atoms with van der Waals surface area (Å²) < 4.78 is 14.1. The molecule has 1 aliphatic rings. The van der Waals surface area contributed by atoms with E-state index in [4.69, 9.17) is 10.8 Å². The van der Waals surface area contributed by atoms with Gasteiger partial charge >= 0.3 is 5.97 Å². The Balaban J connectivity index is 2.20. The normalized spacial score (nSPS) is 22.6. The molecule has 1 aliphatic heterocycles. The maximum Gasteiger partial charge on any atom is 0.306 e. The van der Waals surface area contributed by atoms with Crippen LogP contribution in [0.15, 0.2) is 18.2 Å². The Hall–Kier alpha value is -2.11. The van der Waals surface area contributed by atoms with Gasteiger partial charge in [-0.25, -0.2) is 4.39 Å². The van der Waals surface area contributed by atoms with Gasteiger partial charge in [0.15, 0.2) is 0 Å². The smallest absolute Gasteiger partial charge is 0.306 e. The van der Waals surface area contributed by atoms with Crippen molar-refractivity contribution in [3.05, 3.63) is 29.6 Å². The molecule has 108 valence electrons. The first-order valence-electron chi connectivity index (χ1n) is 6.49. The molecule has 0 spiro atoms. The van der Waals surface area contributed by atoms with Crippen molar-refractivity contribution in [2.24, 2.45) is 11.7 Å². The number of carbonyl (C=O) groups excluding carboxylic acids is 1. The molecule has 0 aliphatic carbocycles. The third kappa shape index (κ3) is 2.74. The van der Waals surface area contributed by atoms with Crippen molar-refractivity contribution in [3.63, 3.8) is 0 Å². The molecule has 2 rings (SSSR count). The molecule has 0 saturated carbocycles. The monoisotopic (exact) mass is 280 g/mol. The van der Waals surface area contributed by atoms with Crippen molar-refractivity contribution in [1.82, 2.24) is 0 Å². The summed E-state index contributed by atoms with van der Waals surface area (Å²) in [5, 5.41) is 9.02. The third-order valence-electron chi connectivity index (χ3n) is 3.77. The number of amides is 1. The number of piperidine rings is 1. The van der Waals surface area contributed by atoms with E-state index in [0.29, 0.717) is 25.1 Å². The average Bonchev–Trinajstić information content (AvgIpc) is 2.38. The number of anilines is 1. The maximum absolute atomic E-state index is 14.1. The Kier molecular flexibility index (Phi) is 3.92. The minimum absolute atomic E-state index is 0.0706. The number of benzene rings is 1. The predicted octanol–water partition coefficient (Wildman–Crippen LogP) is 1.61. The Labute approximate surface area is 116 Å². The molecule has 1 fully saturated rings. The number of nitrogens with two attached hydrogens (primary N) is 1. The van der Waals surface area contributed by atoms with Crippen molar-refractivity contribution in [2.75, 3.05) is 11.4 Å². The lowest BCUT2D eigenvalue weighted by Crippen LogP contribution is -2.43. The van der Waals surface area contributed by atoms with Crippen molar-refractivity contribution in [2.45, 2.75) is 25.8 Å². The molecule has 0 aromatic heterocycles. The van der Waals surface area contributed by atoms with Gasteiger partial charge in [-0.3, -0.25) is 9.59 Å². The second kappa shape index (κ2) is 5.48. The van der Waals surface area contributed by atoms with Crippen LogP contribution in [-0.4, -0.2) is 29.6 Å². The molecule has 1 aromatic carbocycles. The number of halogens is 1. The third-order valence-corrected chi connectivity index (χ3v) is 3.77. The van der Waals surface area contributed by atoms with Gasteiger partial charge in [0.1, 0.15) is 5.82 Å². The minimum atomic E-state index is -0.805. The Morgan fingerprint density at radius 3 is 2.65 bits per heavy atom. The van der Waals surface area contributed by atoms with Crippen LogP contribution in [0.25, 0.3) is 0 Å². The first-order chi connectivity index (χ1) is 9.40. The highest BCUT2D eigenvalue weighted by Crippen LogP contribution is 2.30. The van der Waals surface area contributed by atoms with Gasteiger partial charge in [0.25, 0.3) is 0 Å². The van der Waals surface area contributed by atoms with Crippen LogP contribution in [0.2, 0.25) is 0 Å². The lowest BCUT2D eigenvalue weighted by atomic mass is 9.91. The van der Waals surface area contributed by atoms with Crippen LogP contribution < -0.4 is 10.6 Å². The number of carbonyl (C=O) groups is 2. The number of aliphatic carboxylic acids is 1. The zero-order valence-corrected chi connectivity index (χ0v) is 11.2. The standard InChI is InChI=1S/C14H17FN2O3/c1-8-6-10(14(19)20)4-5-17(8)12-3-2-9(13(16)18)7-11(12)15/h2-3,7-8,10H,4-6H2,1H3,(H2,16,18)(H,19,20). The first kappa shape index (κ1) is 14.3. The second-order valence-electron chi connectivity index (χ2n) is 5.13. The summed E-state index contributed by atoms with van der Waals surface area (Å²) in [5.41, 5.74) is 5.61. The molecule has 1 amide bonds. The molecule has 0 radical (unpaired) electrons. The van der Waals surface area contributed by atoms with Crippen molar-refractivity contribution >= 4 is 17.6 Å². The van der Waals surface area contributed by atoms with Gasteiger partial charge in [0, 0.05) is 18.2 Å². The fourth-order valence-electron chi connectivity index (χ4n) is 2.65. The van der Waals surface area contributed by atoms with E-state index in [-0.39, 0.29) is 17.5 Å². The van der Waals surface area contributed by atoms with Crippen LogP contribution in [0.4, 0.5) is 10.1 Å². The predicted molar refractivity (Wildman–Crippen MR) is 72.1 cm³/mol. The lowest BCUT2D eigenvalue weighted by molar-refractivity contribution is -0.142. The summed E-state index contributed by atoms with van der Waals surface area (Å²) >= 11 is 0. The van der Waals surface area contributed by atoms with E-state index in [1.54, 1.807) is 0 Å². The summed E-state index contributed by atoms with van der Waals surface area (Å²) in [7, 11) is 0. The van der Waals surface area contributed by atoms with E-state index in [0.717, 1.165) is 6.07 Å². The van der Waals surface area contributed by atoms with Crippen LogP contribution in [0.3, 0.4) is 0 Å². The second-order valence-corrected chi connectivity index (χ2v) is 5.13. The molecular formula is C14H17FN2O3.